The molecule has 0 fully saturated rings. The van der Waals surface area contributed by atoms with Gasteiger partial charge in [-0.2, -0.15) is 4.73 Å². The molecule has 0 amide bonds. The van der Waals surface area contributed by atoms with Crippen molar-refractivity contribution >= 4 is 0 Å². The third-order valence-corrected chi connectivity index (χ3v) is 2.36. The van der Waals surface area contributed by atoms with Crippen LogP contribution < -0.4 is 4.73 Å². The lowest BCUT2D eigenvalue weighted by atomic mass is 10.0. The molecular weight excluding hydrogens is 212 g/mol. The Hall–Kier alpha value is -1.97. The molecule has 2 aromatic rings. The summed E-state index contributed by atoms with van der Waals surface area (Å²) in [5.74, 6) is -1.25. The standard InChI is InChI=1S/C12H9F2NO/c1-8-7-15(16)5-4-10(8)11-3-2-9(13)6-12(11)14/h2-7H,1H3. The number of aryl methyl sites for hydroxylation is 1. The molecule has 0 radical (unpaired) electrons. The lowest BCUT2D eigenvalue weighted by molar-refractivity contribution is -0.605. The average molecular weight is 221 g/mol. The zero-order chi connectivity index (χ0) is 11.7. The van der Waals surface area contributed by atoms with Crippen LogP contribution in [-0.2, 0) is 0 Å². The van der Waals surface area contributed by atoms with Crippen LogP contribution >= 0.6 is 0 Å². The van der Waals surface area contributed by atoms with Gasteiger partial charge in [0.2, 0.25) is 0 Å². The number of pyridine rings is 1. The van der Waals surface area contributed by atoms with E-state index in [0.717, 1.165) is 6.07 Å². The number of rotatable bonds is 1. The van der Waals surface area contributed by atoms with E-state index in [1.807, 2.05) is 0 Å². The van der Waals surface area contributed by atoms with Gasteiger partial charge < -0.3 is 5.21 Å². The third kappa shape index (κ3) is 1.86. The Morgan fingerprint density at radius 2 is 1.88 bits per heavy atom. The molecule has 1 heterocycles. The summed E-state index contributed by atoms with van der Waals surface area (Å²) >= 11 is 0. The molecule has 0 aliphatic rings. The first kappa shape index (κ1) is 10.5. The highest BCUT2D eigenvalue weighted by atomic mass is 19.1. The maximum absolute atomic E-state index is 13.5. The fourth-order valence-electron chi connectivity index (χ4n) is 1.59. The summed E-state index contributed by atoms with van der Waals surface area (Å²) in [6, 6.07) is 4.89. The summed E-state index contributed by atoms with van der Waals surface area (Å²) < 4.78 is 26.9. The monoisotopic (exact) mass is 221 g/mol. The van der Waals surface area contributed by atoms with Crippen molar-refractivity contribution in [2.24, 2.45) is 0 Å². The Morgan fingerprint density at radius 1 is 1.12 bits per heavy atom. The fourth-order valence-corrected chi connectivity index (χ4v) is 1.59. The summed E-state index contributed by atoms with van der Waals surface area (Å²) in [7, 11) is 0. The van der Waals surface area contributed by atoms with Gasteiger partial charge in [-0.3, -0.25) is 0 Å². The normalized spacial score (nSPS) is 10.4. The van der Waals surface area contributed by atoms with Gasteiger partial charge in [-0.15, -0.1) is 0 Å². The van der Waals surface area contributed by atoms with Crippen molar-refractivity contribution < 1.29 is 13.5 Å². The minimum atomic E-state index is -0.633. The smallest absolute Gasteiger partial charge is 0.183 e. The Kier molecular flexibility index (Phi) is 2.56. The van der Waals surface area contributed by atoms with Gasteiger partial charge in [-0.25, -0.2) is 8.78 Å². The largest absolute Gasteiger partial charge is 0.619 e. The van der Waals surface area contributed by atoms with Gasteiger partial charge in [0, 0.05) is 23.3 Å². The Morgan fingerprint density at radius 3 is 2.50 bits per heavy atom. The number of benzene rings is 1. The van der Waals surface area contributed by atoms with Gasteiger partial charge in [-0.05, 0) is 24.6 Å². The van der Waals surface area contributed by atoms with Gasteiger partial charge in [0.25, 0.3) is 0 Å². The van der Waals surface area contributed by atoms with Gasteiger partial charge in [0.15, 0.2) is 12.4 Å². The Balaban J connectivity index is 2.59. The van der Waals surface area contributed by atoms with E-state index < -0.39 is 11.6 Å². The molecule has 0 unspecified atom stereocenters. The van der Waals surface area contributed by atoms with Crippen molar-refractivity contribution in [3.8, 4) is 11.1 Å². The Bertz CT molecular complexity index is 491. The van der Waals surface area contributed by atoms with Crippen LogP contribution in [-0.4, -0.2) is 0 Å². The minimum Gasteiger partial charge on any atom is -0.619 e. The summed E-state index contributed by atoms with van der Waals surface area (Å²) in [6.45, 7) is 1.70. The predicted molar refractivity (Wildman–Crippen MR) is 55.5 cm³/mol. The minimum absolute atomic E-state index is 0.291. The Labute approximate surface area is 91.4 Å². The summed E-state index contributed by atoms with van der Waals surface area (Å²) in [5, 5.41) is 11.0. The van der Waals surface area contributed by atoms with E-state index in [1.54, 1.807) is 6.92 Å². The van der Waals surface area contributed by atoms with E-state index >= 15 is 0 Å². The van der Waals surface area contributed by atoms with E-state index in [2.05, 4.69) is 0 Å². The molecular formula is C12H9F2NO. The molecule has 1 aromatic heterocycles. The highest BCUT2D eigenvalue weighted by molar-refractivity contribution is 5.66. The van der Waals surface area contributed by atoms with Crippen molar-refractivity contribution in [3.05, 3.63) is 59.1 Å². The molecule has 0 spiro atoms. The molecule has 0 aliphatic heterocycles. The molecule has 16 heavy (non-hydrogen) atoms. The van der Waals surface area contributed by atoms with E-state index in [-0.39, 0.29) is 0 Å². The molecule has 0 N–H and O–H groups in total. The zero-order valence-corrected chi connectivity index (χ0v) is 8.58. The molecule has 4 heteroatoms. The van der Waals surface area contributed by atoms with Crippen molar-refractivity contribution in [3.63, 3.8) is 0 Å². The second kappa shape index (κ2) is 3.89. The van der Waals surface area contributed by atoms with Crippen molar-refractivity contribution in [2.75, 3.05) is 0 Å². The number of hydrogen-bond acceptors (Lipinski definition) is 1. The van der Waals surface area contributed by atoms with E-state index in [1.165, 1.54) is 30.6 Å². The molecule has 0 bridgehead atoms. The lowest BCUT2D eigenvalue weighted by Crippen LogP contribution is -2.24. The quantitative estimate of drug-likeness (QED) is 0.537. The van der Waals surface area contributed by atoms with Crippen molar-refractivity contribution in [2.45, 2.75) is 6.92 Å². The number of halogens is 2. The zero-order valence-electron chi connectivity index (χ0n) is 8.58. The number of hydrogen-bond donors (Lipinski definition) is 0. The first-order valence-electron chi connectivity index (χ1n) is 4.73. The van der Waals surface area contributed by atoms with Crippen molar-refractivity contribution in [1.29, 1.82) is 0 Å². The highest BCUT2D eigenvalue weighted by Crippen LogP contribution is 2.25. The molecule has 0 aliphatic carbocycles. The molecule has 0 saturated carbocycles. The molecule has 82 valence electrons. The first-order chi connectivity index (χ1) is 7.58. The van der Waals surface area contributed by atoms with Gasteiger partial charge in [0.05, 0.1) is 0 Å². The summed E-state index contributed by atoms with van der Waals surface area (Å²) in [4.78, 5) is 0. The highest BCUT2D eigenvalue weighted by Gasteiger charge is 2.10. The number of nitrogens with zero attached hydrogens (tertiary/aromatic N) is 1. The van der Waals surface area contributed by atoms with Gasteiger partial charge in [-0.1, -0.05) is 0 Å². The van der Waals surface area contributed by atoms with E-state index in [0.29, 0.717) is 21.4 Å². The third-order valence-electron chi connectivity index (χ3n) is 2.36. The molecule has 1 aromatic carbocycles. The molecule has 2 rings (SSSR count). The van der Waals surface area contributed by atoms with Crippen LogP contribution in [0, 0.1) is 23.8 Å². The fraction of sp³-hybridized carbons (Fsp3) is 0.0833. The van der Waals surface area contributed by atoms with E-state index in [9.17, 15) is 14.0 Å². The lowest BCUT2D eigenvalue weighted by Gasteiger charge is -2.06. The van der Waals surface area contributed by atoms with Crippen LogP contribution in [0.3, 0.4) is 0 Å². The van der Waals surface area contributed by atoms with Crippen LogP contribution in [0.1, 0.15) is 5.56 Å². The van der Waals surface area contributed by atoms with Crippen LogP contribution in [0.15, 0.2) is 36.7 Å². The SMILES string of the molecule is Cc1c[n+]([O-])ccc1-c1ccc(F)cc1F. The van der Waals surface area contributed by atoms with Crippen LogP contribution in [0.4, 0.5) is 8.78 Å². The van der Waals surface area contributed by atoms with Gasteiger partial charge in [0.1, 0.15) is 11.6 Å². The number of aromatic nitrogens is 1. The van der Waals surface area contributed by atoms with Crippen LogP contribution in [0.5, 0.6) is 0 Å². The second-order valence-corrected chi connectivity index (χ2v) is 3.53. The summed E-state index contributed by atoms with van der Waals surface area (Å²) in [5.41, 5.74) is 1.52. The van der Waals surface area contributed by atoms with E-state index in [4.69, 9.17) is 0 Å². The topological polar surface area (TPSA) is 26.9 Å². The molecule has 0 saturated heterocycles. The van der Waals surface area contributed by atoms with Crippen LogP contribution in [0.2, 0.25) is 0 Å². The van der Waals surface area contributed by atoms with Gasteiger partial charge >= 0.3 is 0 Å². The van der Waals surface area contributed by atoms with Crippen molar-refractivity contribution in [1.82, 2.24) is 0 Å². The maximum Gasteiger partial charge on any atom is 0.183 e. The molecule has 2 nitrogen and oxygen atoms in total. The second-order valence-electron chi connectivity index (χ2n) is 3.53. The average Bonchev–Trinajstić information content (AvgIpc) is 2.19. The van der Waals surface area contributed by atoms with Crippen LogP contribution in [0.25, 0.3) is 11.1 Å². The first-order valence-corrected chi connectivity index (χ1v) is 4.73. The maximum atomic E-state index is 13.5. The molecule has 0 atom stereocenters. The predicted octanol–water partition coefficient (Wildman–Crippen LogP) is 2.57. The summed E-state index contributed by atoms with van der Waals surface area (Å²) in [6.07, 6.45) is 2.63.